The summed E-state index contributed by atoms with van der Waals surface area (Å²) in [4.78, 5) is 13.5. The highest BCUT2D eigenvalue weighted by atomic mass is 15.3. The van der Waals surface area contributed by atoms with Crippen LogP contribution >= 0.6 is 0 Å². The Hall–Kier alpha value is -1.95. The van der Waals surface area contributed by atoms with Gasteiger partial charge in [0, 0.05) is 51.5 Å². The van der Waals surface area contributed by atoms with Crippen LogP contribution in [-0.2, 0) is 26.4 Å². The van der Waals surface area contributed by atoms with Crippen LogP contribution in [0.5, 0.6) is 0 Å². The lowest BCUT2D eigenvalue weighted by atomic mass is 9.95. The number of nitrogens with zero attached hydrogens (tertiary/aromatic N) is 6. The molecular weight excluding hydrogens is 300 g/mol. The van der Waals surface area contributed by atoms with E-state index in [9.17, 15) is 0 Å². The summed E-state index contributed by atoms with van der Waals surface area (Å²) in [6.07, 6.45) is 6.63. The smallest absolute Gasteiger partial charge is 0.132 e. The lowest BCUT2D eigenvalue weighted by molar-refractivity contribution is 0.242. The molecule has 24 heavy (non-hydrogen) atoms. The van der Waals surface area contributed by atoms with E-state index in [0.717, 1.165) is 50.7 Å². The van der Waals surface area contributed by atoms with Gasteiger partial charge in [-0.15, -0.1) is 0 Å². The fourth-order valence-electron chi connectivity index (χ4n) is 3.91. The molecule has 0 spiro atoms. The molecule has 0 bridgehead atoms. The quantitative estimate of drug-likeness (QED) is 0.859. The number of hydrogen-bond donors (Lipinski definition) is 0. The van der Waals surface area contributed by atoms with Crippen molar-refractivity contribution in [1.29, 1.82) is 0 Å². The average molecular weight is 326 g/mol. The molecule has 1 saturated heterocycles. The van der Waals surface area contributed by atoms with Crippen LogP contribution in [0, 0.1) is 6.92 Å². The van der Waals surface area contributed by atoms with Crippen LogP contribution in [0.15, 0.2) is 12.4 Å². The minimum atomic E-state index is 1.02. The zero-order valence-electron chi connectivity index (χ0n) is 14.7. The van der Waals surface area contributed by atoms with E-state index < -0.39 is 0 Å². The van der Waals surface area contributed by atoms with Gasteiger partial charge in [0.05, 0.1) is 11.4 Å². The minimum Gasteiger partial charge on any atom is -0.354 e. The highest BCUT2D eigenvalue weighted by molar-refractivity contribution is 5.39. The van der Waals surface area contributed by atoms with Crippen molar-refractivity contribution < 1.29 is 0 Å². The zero-order valence-corrected chi connectivity index (χ0v) is 14.7. The number of aromatic nitrogens is 4. The van der Waals surface area contributed by atoms with E-state index in [1.807, 2.05) is 6.92 Å². The van der Waals surface area contributed by atoms with Gasteiger partial charge in [-0.2, -0.15) is 5.10 Å². The van der Waals surface area contributed by atoms with Gasteiger partial charge in [0.1, 0.15) is 12.1 Å². The maximum absolute atomic E-state index is 4.75. The van der Waals surface area contributed by atoms with Crippen molar-refractivity contribution in [2.24, 2.45) is 7.05 Å². The molecule has 6 nitrogen and oxygen atoms in total. The molecule has 0 atom stereocenters. The Balaban J connectivity index is 1.41. The predicted octanol–water partition coefficient (Wildman–Crippen LogP) is 1.72. The summed E-state index contributed by atoms with van der Waals surface area (Å²) in [5, 5.41) is 4.75. The van der Waals surface area contributed by atoms with Crippen molar-refractivity contribution >= 4 is 5.82 Å². The first kappa shape index (κ1) is 15.6. The molecule has 6 heteroatoms. The standard InChI is InChI=1S/C18H26N6/c1-14-11-18(20-13-19-14)24-9-7-23(8-10-24)12-17-15-5-3-4-6-16(15)21-22(17)2/h11,13H,3-10,12H2,1-2H3. The van der Waals surface area contributed by atoms with Crippen LogP contribution in [0.4, 0.5) is 5.82 Å². The molecule has 1 aliphatic carbocycles. The molecule has 0 amide bonds. The molecule has 0 saturated carbocycles. The van der Waals surface area contributed by atoms with Crippen molar-refractivity contribution in [2.75, 3.05) is 31.1 Å². The Bertz CT molecular complexity index is 714. The summed E-state index contributed by atoms with van der Waals surface area (Å²) in [7, 11) is 2.10. The molecule has 128 valence electrons. The Morgan fingerprint density at radius 3 is 2.62 bits per heavy atom. The second-order valence-electron chi connectivity index (χ2n) is 6.98. The Labute approximate surface area is 143 Å². The molecule has 1 aliphatic heterocycles. The van der Waals surface area contributed by atoms with E-state index in [4.69, 9.17) is 5.10 Å². The number of rotatable bonds is 3. The van der Waals surface area contributed by atoms with Gasteiger partial charge >= 0.3 is 0 Å². The van der Waals surface area contributed by atoms with E-state index in [1.54, 1.807) is 6.33 Å². The molecule has 1 fully saturated rings. The topological polar surface area (TPSA) is 50.1 Å². The molecule has 0 aromatic carbocycles. The van der Waals surface area contributed by atoms with Crippen molar-refractivity contribution in [3.05, 3.63) is 35.0 Å². The third kappa shape index (κ3) is 3.02. The van der Waals surface area contributed by atoms with Crippen molar-refractivity contribution in [2.45, 2.75) is 39.2 Å². The third-order valence-corrected chi connectivity index (χ3v) is 5.31. The van der Waals surface area contributed by atoms with Crippen LogP contribution in [0.3, 0.4) is 0 Å². The second kappa shape index (κ2) is 6.51. The largest absolute Gasteiger partial charge is 0.354 e. The highest BCUT2D eigenvalue weighted by Crippen LogP contribution is 2.25. The van der Waals surface area contributed by atoms with Crippen molar-refractivity contribution in [3.8, 4) is 0 Å². The van der Waals surface area contributed by atoms with Gasteiger partial charge in [-0.3, -0.25) is 9.58 Å². The fourth-order valence-corrected chi connectivity index (χ4v) is 3.91. The summed E-state index contributed by atoms with van der Waals surface area (Å²) in [6.45, 7) is 7.24. The van der Waals surface area contributed by atoms with Crippen LogP contribution in [0.1, 0.15) is 35.5 Å². The Morgan fingerprint density at radius 1 is 1.04 bits per heavy atom. The van der Waals surface area contributed by atoms with Crippen molar-refractivity contribution in [1.82, 2.24) is 24.6 Å². The average Bonchev–Trinajstić information content (AvgIpc) is 2.91. The number of aryl methyl sites for hydroxylation is 3. The van der Waals surface area contributed by atoms with Gasteiger partial charge < -0.3 is 4.90 Å². The SMILES string of the molecule is Cc1cc(N2CCN(Cc3c4c(nn3C)CCCC4)CC2)ncn1. The van der Waals surface area contributed by atoms with Gasteiger partial charge in [0.15, 0.2) is 0 Å². The van der Waals surface area contributed by atoms with Crippen LogP contribution in [-0.4, -0.2) is 50.8 Å². The first-order valence-corrected chi connectivity index (χ1v) is 9.00. The van der Waals surface area contributed by atoms with Gasteiger partial charge in [-0.1, -0.05) is 0 Å². The Morgan fingerprint density at radius 2 is 1.83 bits per heavy atom. The molecule has 0 unspecified atom stereocenters. The maximum Gasteiger partial charge on any atom is 0.132 e. The normalized spacial score (nSPS) is 18.7. The summed E-state index contributed by atoms with van der Waals surface area (Å²) >= 11 is 0. The molecule has 2 aromatic heterocycles. The molecule has 4 rings (SSSR count). The summed E-state index contributed by atoms with van der Waals surface area (Å²) in [6, 6.07) is 2.08. The summed E-state index contributed by atoms with van der Waals surface area (Å²) < 4.78 is 2.12. The lowest BCUT2D eigenvalue weighted by Gasteiger charge is -2.35. The molecule has 2 aromatic rings. The van der Waals surface area contributed by atoms with Crippen LogP contribution in [0.25, 0.3) is 0 Å². The lowest BCUT2D eigenvalue weighted by Crippen LogP contribution is -2.46. The molecule has 2 aliphatic rings. The number of fused-ring (bicyclic) bond motifs is 1. The summed E-state index contributed by atoms with van der Waals surface area (Å²) in [5.74, 6) is 1.06. The molecule has 3 heterocycles. The summed E-state index contributed by atoms with van der Waals surface area (Å²) in [5.41, 5.74) is 5.33. The number of hydrogen-bond acceptors (Lipinski definition) is 5. The first-order chi connectivity index (χ1) is 11.7. The molecule has 0 N–H and O–H groups in total. The van der Waals surface area contributed by atoms with Gasteiger partial charge in [-0.05, 0) is 38.2 Å². The fraction of sp³-hybridized carbons (Fsp3) is 0.611. The third-order valence-electron chi connectivity index (χ3n) is 5.31. The first-order valence-electron chi connectivity index (χ1n) is 9.00. The Kier molecular flexibility index (Phi) is 4.22. The van der Waals surface area contributed by atoms with Crippen molar-refractivity contribution in [3.63, 3.8) is 0 Å². The van der Waals surface area contributed by atoms with E-state index in [0.29, 0.717) is 0 Å². The van der Waals surface area contributed by atoms with Gasteiger partial charge in [0.2, 0.25) is 0 Å². The predicted molar refractivity (Wildman–Crippen MR) is 94.1 cm³/mol. The number of piperazine rings is 1. The van der Waals surface area contributed by atoms with E-state index >= 15 is 0 Å². The number of anilines is 1. The van der Waals surface area contributed by atoms with Gasteiger partial charge in [-0.25, -0.2) is 9.97 Å². The highest BCUT2D eigenvalue weighted by Gasteiger charge is 2.23. The molecule has 0 radical (unpaired) electrons. The van der Waals surface area contributed by atoms with Crippen LogP contribution in [0.2, 0.25) is 0 Å². The minimum absolute atomic E-state index is 1.02. The second-order valence-corrected chi connectivity index (χ2v) is 6.98. The van der Waals surface area contributed by atoms with E-state index in [-0.39, 0.29) is 0 Å². The maximum atomic E-state index is 4.75. The van der Waals surface area contributed by atoms with Gasteiger partial charge in [0.25, 0.3) is 0 Å². The monoisotopic (exact) mass is 326 g/mol. The van der Waals surface area contributed by atoms with E-state index in [2.05, 4.69) is 37.6 Å². The van der Waals surface area contributed by atoms with E-state index in [1.165, 1.54) is 36.2 Å². The van der Waals surface area contributed by atoms with Crippen LogP contribution < -0.4 is 4.90 Å². The zero-order chi connectivity index (χ0) is 16.5. The molecular formula is C18H26N6.